The maximum Gasteiger partial charge on any atom is 0.262 e. The number of thioether (sulfide) groups is 1. The van der Waals surface area contributed by atoms with Crippen LogP contribution in [0, 0.1) is 0 Å². The molecule has 172 valence electrons. The molecule has 3 aromatic carbocycles. The van der Waals surface area contributed by atoms with E-state index >= 15 is 0 Å². The van der Waals surface area contributed by atoms with E-state index in [2.05, 4.69) is 10.2 Å². The minimum absolute atomic E-state index is 0.0342. The lowest BCUT2D eigenvalue weighted by Crippen LogP contribution is -2.48. The van der Waals surface area contributed by atoms with E-state index in [1.807, 2.05) is 65.6 Å². The number of halogens is 2. The van der Waals surface area contributed by atoms with Crippen LogP contribution < -0.4 is 10.2 Å². The first kappa shape index (κ1) is 22.8. The van der Waals surface area contributed by atoms with Crippen LogP contribution in [0.1, 0.15) is 15.9 Å². The molecule has 5 rings (SSSR count). The van der Waals surface area contributed by atoms with Gasteiger partial charge in [-0.05, 0) is 60.2 Å². The normalized spacial score (nSPS) is 16.9. The SMILES string of the molecule is O=C1Nc2cc(C(=O)N3CCN(c4cccc(Cl)c4)CC3)ccc2SC1=Cc1cccc(Cl)c1. The zero-order valence-electron chi connectivity index (χ0n) is 18.1. The summed E-state index contributed by atoms with van der Waals surface area (Å²) in [5.74, 6) is -0.231. The molecule has 1 N–H and O–H groups in total. The zero-order valence-corrected chi connectivity index (χ0v) is 20.5. The van der Waals surface area contributed by atoms with E-state index in [1.54, 1.807) is 12.1 Å². The number of rotatable bonds is 3. The molecule has 1 fully saturated rings. The van der Waals surface area contributed by atoms with Gasteiger partial charge in [0.2, 0.25) is 0 Å². The molecule has 2 amide bonds. The van der Waals surface area contributed by atoms with Crippen LogP contribution in [0.4, 0.5) is 11.4 Å². The van der Waals surface area contributed by atoms with Gasteiger partial charge in [-0.3, -0.25) is 9.59 Å². The molecule has 5 nitrogen and oxygen atoms in total. The van der Waals surface area contributed by atoms with E-state index in [-0.39, 0.29) is 11.8 Å². The predicted molar refractivity (Wildman–Crippen MR) is 140 cm³/mol. The average molecular weight is 510 g/mol. The van der Waals surface area contributed by atoms with E-state index in [0.29, 0.717) is 39.3 Å². The van der Waals surface area contributed by atoms with Crippen molar-refractivity contribution in [2.45, 2.75) is 4.90 Å². The summed E-state index contributed by atoms with van der Waals surface area (Å²) in [6.07, 6.45) is 1.81. The largest absolute Gasteiger partial charge is 0.368 e. The monoisotopic (exact) mass is 509 g/mol. The number of nitrogens with one attached hydrogen (secondary N) is 1. The molecule has 2 aliphatic rings. The van der Waals surface area contributed by atoms with E-state index in [9.17, 15) is 9.59 Å². The minimum atomic E-state index is -0.197. The molecule has 34 heavy (non-hydrogen) atoms. The molecular formula is C26H21Cl2N3O2S. The maximum absolute atomic E-state index is 13.1. The van der Waals surface area contributed by atoms with Crippen molar-refractivity contribution < 1.29 is 9.59 Å². The van der Waals surface area contributed by atoms with E-state index in [0.717, 1.165) is 29.2 Å². The minimum Gasteiger partial charge on any atom is -0.368 e. The molecular weight excluding hydrogens is 489 g/mol. The lowest BCUT2D eigenvalue weighted by molar-refractivity contribution is -0.112. The second kappa shape index (κ2) is 9.74. The second-order valence-electron chi connectivity index (χ2n) is 8.09. The topological polar surface area (TPSA) is 52.7 Å². The second-order valence-corrected chi connectivity index (χ2v) is 10.0. The molecule has 8 heteroatoms. The highest BCUT2D eigenvalue weighted by atomic mass is 35.5. The zero-order chi connectivity index (χ0) is 23.7. The van der Waals surface area contributed by atoms with Gasteiger partial charge >= 0.3 is 0 Å². The average Bonchev–Trinajstić information content (AvgIpc) is 2.84. The van der Waals surface area contributed by atoms with Crippen molar-refractivity contribution >= 4 is 64.2 Å². The molecule has 0 radical (unpaired) electrons. The van der Waals surface area contributed by atoms with Crippen molar-refractivity contribution in [3.63, 3.8) is 0 Å². The highest BCUT2D eigenvalue weighted by molar-refractivity contribution is 8.04. The number of carbonyl (C=O) groups is 2. The van der Waals surface area contributed by atoms with Crippen LogP contribution in [-0.2, 0) is 4.79 Å². The third kappa shape index (κ3) is 4.94. The number of hydrogen-bond acceptors (Lipinski definition) is 4. The van der Waals surface area contributed by atoms with Crippen molar-refractivity contribution in [1.29, 1.82) is 0 Å². The number of benzene rings is 3. The molecule has 0 unspecified atom stereocenters. The number of amides is 2. The van der Waals surface area contributed by atoms with Crippen LogP contribution in [0.2, 0.25) is 10.0 Å². The molecule has 0 aliphatic carbocycles. The number of hydrogen-bond donors (Lipinski definition) is 1. The third-order valence-corrected chi connectivity index (χ3v) is 7.37. The van der Waals surface area contributed by atoms with Crippen molar-refractivity contribution in [3.8, 4) is 0 Å². The van der Waals surface area contributed by atoms with Crippen LogP contribution in [0.3, 0.4) is 0 Å². The molecule has 3 aromatic rings. The Balaban J connectivity index is 1.27. The molecule has 0 spiro atoms. The Morgan fingerprint density at radius 3 is 2.38 bits per heavy atom. The van der Waals surface area contributed by atoms with Crippen molar-refractivity contribution in [3.05, 3.63) is 92.8 Å². The van der Waals surface area contributed by atoms with Gasteiger partial charge in [0.05, 0.1) is 10.6 Å². The van der Waals surface area contributed by atoms with E-state index in [1.165, 1.54) is 11.8 Å². The summed E-state index contributed by atoms with van der Waals surface area (Å²) >= 11 is 13.6. The van der Waals surface area contributed by atoms with Gasteiger partial charge < -0.3 is 15.1 Å². The predicted octanol–water partition coefficient (Wildman–Crippen LogP) is 6.04. The summed E-state index contributed by atoms with van der Waals surface area (Å²) in [5, 5.41) is 4.25. The molecule has 0 atom stereocenters. The fourth-order valence-corrected chi connectivity index (χ4v) is 5.38. The Morgan fingerprint density at radius 2 is 1.65 bits per heavy atom. The molecule has 2 heterocycles. The Labute approximate surface area is 212 Å². The molecule has 0 saturated carbocycles. The van der Waals surface area contributed by atoms with Gasteiger partial charge in [0, 0.05) is 52.4 Å². The fraction of sp³-hybridized carbons (Fsp3) is 0.154. The van der Waals surface area contributed by atoms with E-state index in [4.69, 9.17) is 23.2 Å². The summed E-state index contributed by atoms with van der Waals surface area (Å²) < 4.78 is 0. The first-order valence-electron chi connectivity index (χ1n) is 10.9. The number of nitrogens with zero attached hydrogens (tertiary/aromatic N) is 2. The lowest BCUT2D eigenvalue weighted by atomic mass is 10.1. The van der Waals surface area contributed by atoms with Crippen LogP contribution in [0.15, 0.2) is 76.5 Å². The summed E-state index contributed by atoms with van der Waals surface area (Å²) in [4.78, 5) is 31.4. The molecule has 2 aliphatic heterocycles. The summed E-state index contributed by atoms with van der Waals surface area (Å²) in [5.41, 5.74) is 3.15. The first-order chi connectivity index (χ1) is 16.5. The smallest absolute Gasteiger partial charge is 0.262 e. The van der Waals surface area contributed by atoms with Crippen molar-refractivity contribution in [2.24, 2.45) is 0 Å². The summed E-state index contributed by atoms with van der Waals surface area (Å²) in [6, 6.07) is 20.6. The van der Waals surface area contributed by atoms with Gasteiger partial charge in [0.15, 0.2) is 0 Å². The number of anilines is 2. The van der Waals surface area contributed by atoms with Gasteiger partial charge in [-0.15, -0.1) is 0 Å². The van der Waals surface area contributed by atoms with Gasteiger partial charge in [-0.25, -0.2) is 0 Å². The van der Waals surface area contributed by atoms with Crippen LogP contribution >= 0.6 is 35.0 Å². The number of fused-ring (bicyclic) bond motifs is 1. The highest BCUT2D eigenvalue weighted by Crippen LogP contribution is 2.39. The maximum atomic E-state index is 13.1. The standard InChI is InChI=1S/C26H21Cl2N3O2S/c27-19-4-1-3-17(13-19)14-24-25(32)29-22-15-18(7-8-23(22)34-24)26(33)31-11-9-30(10-12-31)21-6-2-5-20(28)16-21/h1-8,13-16H,9-12H2,(H,29,32). The summed E-state index contributed by atoms with van der Waals surface area (Å²) in [7, 11) is 0. The van der Waals surface area contributed by atoms with Gasteiger partial charge in [-0.2, -0.15) is 0 Å². The highest BCUT2D eigenvalue weighted by Gasteiger charge is 2.26. The van der Waals surface area contributed by atoms with Gasteiger partial charge in [0.1, 0.15) is 0 Å². The first-order valence-corrected chi connectivity index (χ1v) is 12.4. The Bertz CT molecular complexity index is 1300. The Kier molecular flexibility index (Phi) is 6.55. The van der Waals surface area contributed by atoms with Crippen LogP contribution in [0.5, 0.6) is 0 Å². The molecule has 0 aromatic heterocycles. The Morgan fingerprint density at radius 1 is 0.912 bits per heavy atom. The fourth-order valence-electron chi connectivity index (χ4n) is 4.06. The molecule has 1 saturated heterocycles. The number of carbonyl (C=O) groups excluding carboxylic acids is 2. The van der Waals surface area contributed by atoms with Gasteiger partial charge in [0.25, 0.3) is 11.8 Å². The van der Waals surface area contributed by atoms with E-state index < -0.39 is 0 Å². The molecule has 0 bridgehead atoms. The van der Waals surface area contributed by atoms with Crippen molar-refractivity contribution in [1.82, 2.24) is 4.90 Å². The van der Waals surface area contributed by atoms with Gasteiger partial charge in [-0.1, -0.05) is 53.2 Å². The summed E-state index contributed by atoms with van der Waals surface area (Å²) in [6.45, 7) is 2.72. The Hall–Kier alpha value is -2.93. The van der Waals surface area contributed by atoms with Crippen LogP contribution in [0.25, 0.3) is 6.08 Å². The third-order valence-electron chi connectivity index (χ3n) is 5.81. The lowest BCUT2D eigenvalue weighted by Gasteiger charge is -2.36. The van der Waals surface area contributed by atoms with Crippen LogP contribution in [-0.4, -0.2) is 42.9 Å². The number of piperazine rings is 1. The van der Waals surface area contributed by atoms with Crippen molar-refractivity contribution in [2.75, 3.05) is 36.4 Å². The quantitative estimate of drug-likeness (QED) is 0.437.